The van der Waals surface area contributed by atoms with Crippen molar-refractivity contribution in [2.45, 2.75) is 25.6 Å². The normalized spacial score (nSPS) is 12.2. The Hall–Kier alpha value is -1.51. The zero-order valence-electron chi connectivity index (χ0n) is 12.1. The summed E-state index contributed by atoms with van der Waals surface area (Å²) in [5.41, 5.74) is 1.24. The van der Waals surface area contributed by atoms with Gasteiger partial charge in [-0.25, -0.2) is 0 Å². The van der Waals surface area contributed by atoms with Crippen molar-refractivity contribution < 1.29 is 9.15 Å². The maximum atomic E-state index is 12.2. The first-order chi connectivity index (χ1) is 9.54. The van der Waals surface area contributed by atoms with Gasteiger partial charge in [-0.3, -0.25) is 0 Å². The minimum atomic E-state index is 0.0128. The van der Waals surface area contributed by atoms with Crippen LogP contribution in [-0.4, -0.2) is 22.1 Å². The molecule has 0 bridgehead atoms. The van der Waals surface area contributed by atoms with Crippen LogP contribution in [0.2, 0.25) is 0 Å². The molecular formula is C16H18O3Se. The van der Waals surface area contributed by atoms with Gasteiger partial charge in [0.15, 0.2) is 0 Å². The van der Waals surface area contributed by atoms with E-state index >= 15 is 0 Å². The second kappa shape index (κ2) is 6.29. The van der Waals surface area contributed by atoms with Crippen molar-refractivity contribution in [3.05, 3.63) is 57.4 Å². The third kappa shape index (κ3) is 2.97. The Labute approximate surface area is 125 Å². The molecule has 2 rings (SSSR count). The number of hydrogen-bond acceptors (Lipinski definition) is 3. The Morgan fingerprint density at radius 2 is 1.80 bits per heavy atom. The summed E-state index contributed by atoms with van der Waals surface area (Å²) in [6.07, 6.45) is 0. The van der Waals surface area contributed by atoms with Gasteiger partial charge in [0.2, 0.25) is 0 Å². The molecule has 0 fully saturated rings. The van der Waals surface area contributed by atoms with E-state index in [0.29, 0.717) is 17.1 Å². The van der Waals surface area contributed by atoms with Crippen LogP contribution in [0, 0.1) is 13.8 Å². The summed E-state index contributed by atoms with van der Waals surface area (Å²) in [6.45, 7) is 5.65. The number of hydrogen-bond donors (Lipinski definition) is 0. The average Bonchev–Trinajstić information content (AvgIpc) is 2.46. The van der Waals surface area contributed by atoms with Gasteiger partial charge in [-0.1, -0.05) is 0 Å². The van der Waals surface area contributed by atoms with Crippen molar-refractivity contribution in [1.29, 1.82) is 0 Å². The van der Waals surface area contributed by atoms with E-state index in [4.69, 9.17) is 9.15 Å². The number of ether oxygens (including phenoxy) is 1. The fourth-order valence-corrected chi connectivity index (χ4v) is 4.29. The van der Waals surface area contributed by atoms with Crippen molar-refractivity contribution in [2.75, 3.05) is 7.11 Å². The summed E-state index contributed by atoms with van der Waals surface area (Å²) in [5, 5.41) is 0. The van der Waals surface area contributed by atoms with E-state index in [1.54, 1.807) is 6.92 Å². The van der Waals surface area contributed by atoms with Crippen molar-refractivity contribution >= 4 is 19.4 Å². The summed E-state index contributed by atoms with van der Waals surface area (Å²) in [7, 11) is 1.53. The molecule has 4 heteroatoms. The zero-order chi connectivity index (χ0) is 14.7. The van der Waals surface area contributed by atoms with E-state index in [-0.39, 0.29) is 25.2 Å². The molecule has 0 saturated heterocycles. The molecule has 0 aliphatic rings. The van der Waals surface area contributed by atoms with Gasteiger partial charge in [0.1, 0.15) is 0 Å². The molecule has 0 radical (unpaired) electrons. The second-order valence-electron chi connectivity index (χ2n) is 4.61. The van der Waals surface area contributed by atoms with Gasteiger partial charge in [0.25, 0.3) is 0 Å². The molecule has 20 heavy (non-hydrogen) atoms. The summed E-state index contributed by atoms with van der Waals surface area (Å²) >= 11 is 0.211. The van der Waals surface area contributed by atoms with Crippen LogP contribution in [0.3, 0.4) is 0 Å². The molecule has 1 aromatic heterocycles. The first-order valence-corrected chi connectivity index (χ1v) is 8.29. The van der Waals surface area contributed by atoms with Crippen LogP contribution in [-0.2, 0) is 0 Å². The van der Waals surface area contributed by atoms with Crippen molar-refractivity contribution in [1.82, 2.24) is 0 Å². The molecule has 0 amide bonds. The Morgan fingerprint density at radius 1 is 1.15 bits per heavy atom. The monoisotopic (exact) mass is 338 g/mol. The fourth-order valence-electron chi connectivity index (χ4n) is 2.08. The van der Waals surface area contributed by atoms with E-state index in [0.717, 1.165) is 5.76 Å². The molecule has 2 aromatic rings. The SMILES string of the molecule is COc1oc(C(C)[Se]c2ccccc2)c(C)c(=O)c1C. The Bertz CT molecular complexity index is 647. The van der Waals surface area contributed by atoms with Gasteiger partial charge >= 0.3 is 125 Å². The quantitative estimate of drug-likeness (QED) is 0.804. The molecule has 1 heterocycles. The molecule has 0 saturated carbocycles. The Morgan fingerprint density at radius 3 is 2.40 bits per heavy atom. The fraction of sp³-hybridized carbons (Fsp3) is 0.312. The Balaban J connectivity index is 2.37. The van der Waals surface area contributed by atoms with Crippen LogP contribution < -0.4 is 14.6 Å². The maximum absolute atomic E-state index is 12.2. The Kier molecular flexibility index (Phi) is 4.68. The van der Waals surface area contributed by atoms with Crippen molar-refractivity contribution in [3.63, 3.8) is 0 Å². The summed E-state index contributed by atoms with van der Waals surface area (Å²) in [6, 6.07) is 10.3. The van der Waals surface area contributed by atoms with Gasteiger partial charge in [0.05, 0.1) is 0 Å². The molecule has 0 spiro atoms. The molecule has 3 nitrogen and oxygen atoms in total. The van der Waals surface area contributed by atoms with E-state index in [2.05, 4.69) is 19.1 Å². The number of rotatable bonds is 4. The van der Waals surface area contributed by atoms with Gasteiger partial charge < -0.3 is 0 Å². The van der Waals surface area contributed by atoms with Crippen LogP contribution in [0.4, 0.5) is 0 Å². The van der Waals surface area contributed by atoms with E-state index in [1.807, 2.05) is 25.1 Å². The third-order valence-corrected chi connectivity index (χ3v) is 5.50. The van der Waals surface area contributed by atoms with Gasteiger partial charge in [-0.15, -0.1) is 0 Å². The predicted molar refractivity (Wildman–Crippen MR) is 81.2 cm³/mol. The molecule has 1 aromatic carbocycles. The van der Waals surface area contributed by atoms with Crippen molar-refractivity contribution in [2.24, 2.45) is 0 Å². The molecule has 1 atom stereocenters. The summed E-state index contributed by atoms with van der Waals surface area (Å²) in [4.78, 5) is 12.4. The minimum absolute atomic E-state index is 0.0128. The first-order valence-electron chi connectivity index (χ1n) is 6.44. The van der Waals surface area contributed by atoms with E-state index < -0.39 is 0 Å². The molecular weight excluding hydrogens is 319 g/mol. The summed E-state index contributed by atoms with van der Waals surface area (Å²) in [5.74, 6) is 1.06. The predicted octanol–water partition coefficient (Wildman–Crippen LogP) is 2.36. The molecule has 0 aliphatic heterocycles. The van der Waals surface area contributed by atoms with Crippen LogP contribution in [0.25, 0.3) is 0 Å². The van der Waals surface area contributed by atoms with Gasteiger partial charge in [-0.2, -0.15) is 0 Å². The second-order valence-corrected chi connectivity index (χ2v) is 7.58. The van der Waals surface area contributed by atoms with E-state index in [1.165, 1.54) is 11.6 Å². The van der Waals surface area contributed by atoms with Gasteiger partial charge in [-0.05, 0) is 0 Å². The summed E-state index contributed by atoms with van der Waals surface area (Å²) < 4.78 is 12.2. The van der Waals surface area contributed by atoms with E-state index in [9.17, 15) is 4.79 Å². The molecule has 0 aliphatic carbocycles. The van der Waals surface area contributed by atoms with Crippen molar-refractivity contribution in [3.8, 4) is 5.95 Å². The standard InChI is InChI=1S/C16H18O3Se/c1-10-14(17)11(2)16(18-4)19-15(10)12(3)20-13-8-6-5-7-9-13/h5-9,12H,1-4H3. The van der Waals surface area contributed by atoms with Crippen LogP contribution in [0.5, 0.6) is 5.95 Å². The number of benzene rings is 1. The number of methoxy groups -OCH3 is 1. The molecule has 0 N–H and O–H groups in total. The zero-order valence-corrected chi connectivity index (χ0v) is 13.8. The van der Waals surface area contributed by atoms with Gasteiger partial charge in [0, 0.05) is 0 Å². The third-order valence-electron chi connectivity index (χ3n) is 3.17. The van der Waals surface area contributed by atoms with Crippen LogP contribution >= 0.6 is 0 Å². The molecule has 1 unspecified atom stereocenters. The van der Waals surface area contributed by atoms with Crippen LogP contribution in [0.1, 0.15) is 28.6 Å². The first kappa shape index (κ1) is 14.9. The topological polar surface area (TPSA) is 39.4 Å². The average molecular weight is 337 g/mol. The van der Waals surface area contributed by atoms with Crippen LogP contribution in [0.15, 0.2) is 39.5 Å². The molecule has 106 valence electrons.